The van der Waals surface area contributed by atoms with Crippen LogP contribution in [0.15, 0.2) is 48.8 Å². The number of hydrogen-bond acceptors (Lipinski definition) is 4. The van der Waals surface area contributed by atoms with E-state index in [1.54, 1.807) is 16.9 Å². The number of carbonyl (C=O) groups is 2. The second kappa shape index (κ2) is 10.6. The molecule has 1 atom stereocenters. The molecule has 2 aliphatic carbocycles. The molecule has 1 unspecified atom stereocenters. The van der Waals surface area contributed by atoms with Crippen molar-refractivity contribution in [3.8, 4) is 11.1 Å². The van der Waals surface area contributed by atoms with E-state index in [1.165, 1.54) is 18.4 Å². The van der Waals surface area contributed by atoms with Crippen molar-refractivity contribution >= 4 is 17.5 Å². The SMILES string of the molecule is Cc1ccnc(C)c1-c1ccc(NC(=O)C(NC(=O)c2ccnn2C2CC2)C2CCCCCC2)cc1. The van der Waals surface area contributed by atoms with E-state index in [9.17, 15) is 9.59 Å². The summed E-state index contributed by atoms with van der Waals surface area (Å²) in [5.41, 5.74) is 5.59. The quantitative estimate of drug-likeness (QED) is 0.426. The fourth-order valence-electron chi connectivity index (χ4n) is 5.43. The van der Waals surface area contributed by atoms with Gasteiger partial charge in [0, 0.05) is 29.3 Å². The average Bonchev–Trinajstić information content (AvgIpc) is 3.65. The number of benzene rings is 1. The van der Waals surface area contributed by atoms with Crippen molar-refractivity contribution in [3.05, 3.63) is 65.7 Å². The van der Waals surface area contributed by atoms with Crippen molar-refractivity contribution in [3.63, 3.8) is 0 Å². The molecule has 2 amide bonds. The van der Waals surface area contributed by atoms with E-state index in [4.69, 9.17) is 0 Å². The first-order valence-electron chi connectivity index (χ1n) is 13.2. The predicted molar refractivity (Wildman–Crippen MR) is 141 cm³/mol. The zero-order chi connectivity index (χ0) is 25.1. The van der Waals surface area contributed by atoms with Crippen molar-refractivity contribution in [2.45, 2.75) is 77.3 Å². The summed E-state index contributed by atoms with van der Waals surface area (Å²) in [6.07, 6.45) is 12.0. The molecule has 0 spiro atoms. The van der Waals surface area contributed by atoms with Gasteiger partial charge in [0.1, 0.15) is 11.7 Å². The Morgan fingerprint density at radius 3 is 2.31 bits per heavy atom. The van der Waals surface area contributed by atoms with Crippen LogP contribution in [0, 0.1) is 19.8 Å². The van der Waals surface area contributed by atoms with E-state index in [0.717, 1.165) is 61.0 Å². The number of hydrogen-bond donors (Lipinski definition) is 2. The second-order valence-electron chi connectivity index (χ2n) is 10.2. The van der Waals surface area contributed by atoms with Crippen LogP contribution in [0.5, 0.6) is 0 Å². The molecule has 2 saturated carbocycles. The Hall–Kier alpha value is -3.48. The van der Waals surface area contributed by atoms with Gasteiger partial charge in [0.05, 0.1) is 6.04 Å². The first kappa shape index (κ1) is 24.2. The Labute approximate surface area is 212 Å². The first-order valence-corrected chi connectivity index (χ1v) is 13.2. The van der Waals surface area contributed by atoms with Gasteiger partial charge in [0.25, 0.3) is 5.91 Å². The number of aryl methyl sites for hydroxylation is 2. The fourth-order valence-corrected chi connectivity index (χ4v) is 5.43. The number of pyridine rings is 1. The Bertz CT molecular complexity index is 1200. The standard InChI is InChI=1S/C29H35N5O2/c1-19-15-17-30-20(2)26(19)21-9-11-23(12-10-21)32-29(36)27(22-7-5-3-4-6-8-22)33-28(35)25-16-18-31-34(25)24-13-14-24/h9-12,15-18,22,24,27H,3-8,13-14H2,1-2H3,(H,32,36)(H,33,35). The summed E-state index contributed by atoms with van der Waals surface area (Å²) in [7, 11) is 0. The van der Waals surface area contributed by atoms with Crippen LogP contribution >= 0.6 is 0 Å². The molecule has 0 bridgehead atoms. The highest BCUT2D eigenvalue weighted by atomic mass is 16.2. The van der Waals surface area contributed by atoms with Crippen LogP contribution in [0.4, 0.5) is 5.69 Å². The summed E-state index contributed by atoms with van der Waals surface area (Å²) in [6.45, 7) is 4.09. The van der Waals surface area contributed by atoms with Gasteiger partial charge >= 0.3 is 0 Å². The molecule has 36 heavy (non-hydrogen) atoms. The van der Waals surface area contributed by atoms with Gasteiger partial charge in [-0.3, -0.25) is 19.3 Å². The highest BCUT2D eigenvalue weighted by Gasteiger charge is 2.33. The molecule has 5 rings (SSSR count). The normalized spacial score (nSPS) is 17.3. The number of aromatic nitrogens is 3. The first-order chi connectivity index (χ1) is 17.5. The van der Waals surface area contributed by atoms with E-state index in [-0.39, 0.29) is 17.7 Å². The number of anilines is 1. The highest BCUT2D eigenvalue weighted by Crippen LogP contribution is 2.35. The third-order valence-corrected chi connectivity index (χ3v) is 7.53. The molecular formula is C29H35N5O2. The minimum atomic E-state index is -0.583. The number of nitrogens with one attached hydrogen (secondary N) is 2. The minimum absolute atomic E-state index is 0.119. The van der Waals surface area contributed by atoms with Crippen molar-refractivity contribution < 1.29 is 9.59 Å². The van der Waals surface area contributed by atoms with Gasteiger partial charge < -0.3 is 10.6 Å². The van der Waals surface area contributed by atoms with Crippen LogP contribution in [-0.4, -0.2) is 32.6 Å². The second-order valence-corrected chi connectivity index (χ2v) is 10.2. The van der Waals surface area contributed by atoms with Crippen molar-refractivity contribution in [2.24, 2.45) is 5.92 Å². The maximum atomic E-state index is 13.6. The van der Waals surface area contributed by atoms with Crippen LogP contribution in [0.25, 0.3) is 11.1 Å². The molecule has 2 aromatic heterocycles. The lowest BCUT2D eigenvalue weighted by molar-refractivity contribution is -0.119. The molecule has 3 aromatic rings. The van der Waals surface area contributed by atoms with Crippen LogP contribution < -0.4 is 10.6 Å². The van der Waals surface area contributed by atoms with Crippen LogP contribution in [0.3, 0.4) is 0 Å². The van der Waals surface area contributed by atoms with Crippen molar-refractivity contribution in [1.29, 1.82) is 0 Å². The number of nitrogens with zero attached hydrogens (tertiary/aromatic N) is 3. The van der Waals surface area contributed by atoms with E-state index in [1.807, 2.05) is 43.5 Å². The van der Waals surface area contributed by atoms with E-state index < -0.39 is 6.04 Å². The Kier molecular flexibility index (Phi) is 7.16. The smallest absolute Gasteiger partial charge is 0.270 e. The predicted octanol–water partition coefficient (Wildman–Crippen LogP) is 5.60. The summed E-state index contributed by atoms with van der Waals surface area (Å²) >= 11 is 0. The molecule has 1 aromatic carbocycles. The summed E-state index contributed by atoms with van der Waals surface area (Å²) in [5.74, 6) is -0.260. The number of rotatable bonds is 7. The van der Waals surface area contributed by atoms with Crippen molar-refractivity contribution in [2.75, 3.05) is 5.32 Å². The van der Waals surface area contributed by atoms with Gasteiger partial charge in [-0.05, 0) is 80.8 Å². The average molecular weight is 486 g/mol. The number of amides is 2. The van der Waals surface area contributed by atoms with Crippen LogP contribution in [-0.2, 0) is 4.79 Å². The van der Waals surface area contributed by atoms with E-state index in [0.29, 0.717) is 11.7 Å². The molecule has 2 fully saturated rings. The molecular weight excluding hydrogens is 450 g/mol. The summed E-state index contributed by atoms with van der Waals surface area (Å²) in [6, 6.07) is 11.3. The maximum Gasteiger partial charge on any atom is 0.270 e. The number of carbonyl (C=O) groups excluding carboxylic acids is 2. The lowest BCUT2D eigenvalue weighted by Gasteiger charge is -2.26. The van der Waals surface area contributed by atoms with Gasteiger partial charge in [-0.25, -0.2) is 0 Å². The zero-order valence-electron chi connectivity index (χ0n) is 21.2. The molecule has 0 radical (unpaired) electrons. The summed E-state index contributed by atoms with van der Waals surface area (Å²) in [5, 5.41) is 10.5. The fraction of sp³-hybridized carbons (Fsp3) is 0.448. The zero-order valence-corrected chi connectivity index (χ0v) is 21.2. The molecule has 7 nitrogen and oxygen atoms in total. The van der Waals surface area contributed by atoms with Gasteiger partial charge in [-0.2, -0.15) is 5.10 Å². The molecule has 0 saturated heterocycles. The third kappa shape index (κ3) is 5.35. The van der Waals surface area contributed by atoms with E-state index in [2.05, 4.69) is 27.6 Å². The lowest BCUT2D eigenvalue weighted by Crippen LogP contribution is -2.49. The van der Waals surface area contributed by atoms with Crippen LogP contribution in [0.2, 0.25) is 0 Å². The maximum absolute atomic E-state index is 13.6. The van der Waals surface area contributed by atoms with Gasteiger partial charge in [-0.15, -0.1) is 0 Å². The van der Waals surface area contributed by atoms with Gasteiger partial charge in [0.15, 0.2) is 0 Å². The van der Waals surface area contributed by atoms with Gasteiger partial charge in [-0.1, -0.05) is 37.8 Å². The molecule has 2 heterocycles. The Morgan fingerprint density at radius 1 is 0.917 bits per heavy atom. The summed E-state index contributed by atoms with van der Waals surface area (Å²) < 4.78 is 1.80. The Balaban J connectivity index is 1.34. The van der Waals surface area contributed by atoms with Crippen LogP contribution in [0.1, 0.15) is 79.2 Å². The Morgan fingerprint density at radius 2 is 1.64 bits per heavy atom. The van der Waals surface area contributed by atoms with Crippen molar-refractivity contribution in [1.82, 2.24) is 20.1 Å². The van der Waals surface area contributed by atoms with Gasteiger partial charge in [0.2, 0.25) is 5.91 Å². The third-order valence-electron chi connectivity index (χ3n) is 7.53. The van der Waals surface area contributed by atoms with E-state index >= 15 is 0 Å². The molecule has 188 valence electrons. The highest BCUT2D eigenvalue weighted by molar-refractivity contribution is 6.00. The topological polar surface area (TPSA) is 88.9 Å². The molecule has 2 N–H and O–H groups in total. The monoisotopic (exact) mass is 485 g/mol. The largest absolute Gasteiger partial charge is 0.339 e. The molecule has 7 heteroatoms. The lowest BCUT2D eigenvalue weighted by atomic mass is 9.91. The molecule has 0 aliphatic heterocycles. The summed E-state index contributed by atoms with van der Waals surface area (Å²) in [4.78, 5) is 31.3. The molecule has 2 aliphatic rings. The minimum Gasteiger partial charge on any atom is -0.339 e.